The number of benzene rings is 5. The van der Waals surface area contributed by atoms with E-state index in [-0.39, 0.29) is 5.78 Å². The highest BCUT2D eigenvalue weighted by Crippen LogP contribution is 2.69. The molecule has 5 heteroatoms. The number of ether oxygens (including phenoxy) is 1. The van der Waals surface area contributed by atoms with Crippen molar-refractivity contribution in [3.05, 3.63) is 173 Å². The van der Waals surface area contributed by atoms with Gasteiger partial charge in [0.1, 0.15) is 11.0 Å². The summed E-state index contributed by atoms with van der Waals surface area (Å²) < 4.78 is 7.37. The number of hydrogen-bond donors (Lipinski definition) is 0. The molecule has 3 aliphatic rings. The number of ketones is 1. The van der Waals surface area contributed by atoms with E-state index in [1.165, 1.54) is 0 Å². The average Bonchev–Trinajstić information content (AvgIpc) is 3.43. The first-order valence-electron chi connectivity index (χ1n) is 14.7. The van der Waals surface area contributed by atoms with Gasteiger partial charge >= 0.3 is 0 Å². The molecule has 3 heterocycles. The maximum atomic E-state index is 15.3. The van der Waals surface area contributed by atoms with Crippen molar-refractivity contribution in [3.8, 4) is 0 Å². The van der Waals surface area contributed by atoms with Crippen LogP contribution in [0.1, 0.15) is 45.5 Å². The minimum Gasteiger partial charge on any atom is -0.320 e. The number of carbonyl (C=O) groups is 1. The van der Waals surface area contributed by atoms with Gasteiger partial charge in [0.2, 0.25) is 0 Å². The monoisotopic (exact) mass is 565 g/mol. The van der Waals surface area contributed by atoms with Gasteiger partial charge in [-0.25, -0.2) is 4.89 Å². The van der Waals surface area contributed by atoms with E-state index < -0.39 is 22.5 Å². The molecule has 0 bridgehead atoms. The Labute approximate surface area is 251 Å². The van der Waals surface area contributed by atoms with Crippen molar-refractivity contribution in [2.75, 3.05) is 11.9 Å². The van der Waals surface area contributed by atoms with Gasteiger partial charge in [-0.2, -0.15) is 4.89 Å². The molecule has 0 aromatic heterocycles. The molecule has 0 spiro atoms. The van der Waals surface area contributed by atoms with Crippen molar-refractivity contribution >= 4 is 11.5 Å². The third-order valence-electron chi connectivity index (χ3n) is 9.66. The molecule has 5 nitrogen and oxygen atoms in total. The largest absolute Gasteiger partial charge is 0.320 e. The molecule has 0 saturated carbocycles. The predicted octanol–water partition coefficient (Wildman–Crippen LogP) is 7.62. The SMILES string of the molecule is CN1c2ccccc2C(=O)C23CC(c4ccccc4)(c4ccccc4)OOC12OC(c1ccccc1)(c1ccccc1)C3. The van der Waals surface area contributed by atoms with Gasteiger partial charge < -0.3 is 9.64 Å². The van der Waals surface area contributed by atoms with E-state index in [0.717, 1.165) is 27.9 Å². The first-order valence-corrected chi connectivity index (χ1v) is 14.7. The van der Waals surface area contributed by atoms with E-state index in [2.05, 4.69) is 24.3 Å². The summed E-state index contributed by atoms with van der Waals surface area (Å²) in [4.78, 5) is 30.6. The minimum atomic E-state index is -1.54. The van der Waals surface area contributed by atoms with Gasteiger partial charge in [0.25, 0.3) is 5.91 Å². The van der Waals surface area contributed by atoms with Gasteiger partial charge in [-0.05, 0) is 34.4 Å². The molecule has 0 amide bonds. The maximum Gasteiger partial charge on any atom is 0.296 e. The Bertz CT molecular complexity index is 1710. The van der Waals surface area contributed by atoms with Gasteiger partial charge in [0.15, 0.2) is 11.4 Å². The number of carbonyl (C=O) groups excluding carboxylic acids is 1. The van der Waals surface area contributed by atoms with Crippen molar-refractivity contribution in [3.63, 3.8) is 0 Å². The lowest BCUT2D eigenvalue weighted by atomic mass is 9.60. The molecular weight excluding hydrogens is 534 g/mol. The molecule has 2 saturated heterocycles. The summed E-state index contributed by atoms with van der Waals surface area (Å²) in [7, 11) is 1.94. The summed E-state index contributed by atoms with van der Waals surface area (Å²) in [5.74, 6) is -1.55. The second-order valence-corrected chi connectivity index (χ2v) is 11.8. The zero-order valence-electron chi connectivity index (χ0n) is 23.9. The maximum absolute atomic E-state index is 15.3. The molecular formula is C38H31NO4. The van der Waals surface area contributed by atoms with Gasteiger partial charge in [0, 0.05) is 25.5 Å². The highest BCUT2D eigenvalue weighted by atomic mass is 17.2. The Hall–Kier alpha value is -4.55. The third-order valence-corrected chi connectivity index (χ3v) is 9.66. The zero-order chi connectivity index (χ0) is 29.1. The molecule has 3 aliphatic heterocycles. The van der Waals surface area contributed by atoms with Crippen LogP contribution < -0.4 is 4.90 Å². The second-order valence-electron chi connectivity index (χ2n) is 11.8. The number of Topliss-reactive ketones (excluding diaryl/α,β-unsaturated/α-hetero) is 1. The molecule has 43 heavy (non-hydrogen) atoms. The van der Waals surface area contributed by atoms with Crippen LogP contribution in [0.4, 0.5) is 5.69 Å². The van der Waals surface area contributed by atoms with Crippen LogP contribution in [0.15, 0.2) is 146 Å². The lowest BCUT2D eigenvalue weighted by Gasteiger charge is -2.57. The number of para-hydroxylation sites is 1. The quantitative estimate of drug-likeness (QED) is 0.210. The number of fused-ring (bicyclic) bond motifs is 1. The van der Waals surface area contributed by atoms with E-state index in [1.54, 1.807) is 0 Å². The van der Waals surface area contributed by atoms with Crippen molar-refractivity contribution < 1.29 is 19.3 Å². The molecule has 212 valence electrons. The highest BCUT2D eigenvalue weighted by Gasteiger charge is 2.79. The zero-order valence-corrected chi connectivity index (χ0v) is 23.9. The van der Waals surface area contributed by atoms with Gasteiger partial charge in [-0.1, -0.05) is 133 Å². The number of nitrogens with zero attached hydrogens (tertiary/aromatic N) is 1. The first-order chi connectivity index (χ1) is 21.0. The van der Waals surface area contributed by atoms with Gasteiger partial charge in [-0.3, -0.25) is 4.79 Å². The molecule has 2 fully saturated rings. The molecule has 5 aromatic rings. The Balaban J connectivity index is 1.43. The molecule has 0 N–H and O–H groups in total. The molecule has 8 rings (SSSR count). The van der Waals surface area contributed by atoms with Crippen LogP contribution >= 0.6 is 0 Å². The lowest BCUT2D eigenvalue weighted by Crippen LogP contribution is -2.69. The summed E-state index contributed by atoms with van der Waals surface area (Å²) in [6, 6.07) is 48.2. The third kappa shape index (κ3) is 3.47. The fraction of sp³-hybridized carbons (Fsp3) is 0.184. The minimum absolute atomic E-state index is 0.00512. The Morgan fingerprint density at radius 3 is 1.47 bits per heavy atom. The van der Waals surface area contributed by atoms with E-state index in [9.17, 15) is 0 Å². The Morgan fingerprint density at radius 2 is 0.953 bits per heavy atom. The summed E-state index contributed by atoms with van der Waals surface area (Å²) in [5.41, 5.74) is 1.91. The fourth-order valence-electron chi connectivity index (χ4n) is 7.67. The van der Waals surface area contributed by atoms with Crippen LogP contribution in [-0.4, -0.2) is 18.7 Å². The number of hydrogen-bond acceptors (Lipinski definition) is 5. The first kappa shape index (κ1) is 26.1. The molecule has 5 aromatic carbocycles. The van der Waals surface area contributed by atoms with E-state index >= 15 is 4.79 Å². The van der Waals surface area contributed by atoms with Crippen molar-refractivity contribution in [1.29, 1.82) is 0 Å². The smallest absolute Gasteiger partial charge is 0.296 e. The Kier molecular flexibility index (Phi) is 5.75. The predicted molar refractivity (Wildman–Crippen MR) is 164 cm³/mol. The number of anilines is 1. The molecule has 2 unspecified atom stereocenters. The topological polar surface area (TPSA) is 48.0 Å². The van der Waals surface area contributed by atoms with Crippen molar-refractivity contribution in [2.45, 2.75) is 30.0 Å². The highest BCUT2D eigenvalue weighted by molar-refractivity contribution is 6.08. The van der Waals surface area contributed by atoms with E-state index in [0.29, 0.717) is 18.4 Å². The summed E-state index contributed by atoms with van der Waals surface area (Å²) in [6.45, 7) is 0. The van der Waals surface area contributed by atoms with Crippen LogP contribution in [0.2, 0.25) is 0 Å². The molecule has 2 atom stereocenters. The lowest BCUT2D eigenvalue weighted by molar-refractivity contribution is -0.505. The van der Waals surface area contributed by atoms with Crippen LogP contribution in [0.25, 0.3) is 0 Å². The second kappa shape index (κ2) is 9.48. The van der Waals surface area contributed by atoms with Crippen LogP contribution in [-0.2, 0) is 25.7 Å². The van der Waals surface area contributed by atoms with E-state index in [4.69, 9.17) is 14.5 Å². The average molecular weight is 566 g/mol. The van der Waals surface area contributed by atoms with Crippen LogP contribution in [0.5, 0.6) is 0 Å². The van der Waals surface area contributed by atoms with Crippen molar-refractivity contribution in [1.82, 2.24) is 0 Å². The van der Waals surface area contributed by atoms with Gasteiger partial charge in [0.05, 0.1) is 5.69 Å². The summed E-state index contributed by atoms with van der Waals surface area (Å²) in [6.07, 6.45) is 0.670. The van der Waals surface area contributed by atoms with Crippen LogP contribution in [0.3, 0.4) is 0 Å². The summed E-state index contributed by atoms with van der Waals surface area (Å²) in [5, 5.41) is 0. The normalized spacial score (nSPS) is 25.0. The summed E-state index contributed by atoms with van der Waals surface area (Å²) >= 11 is 0. The van der Waals surface area contributed by atoms with Gasteiger partial charge in [-0.15, -0.1) is 0 Å². The van der Waals surface area contributed by atoms with Crippen molar-refractivity contribution in [2.24, 2.45) is 5.41 Å². The fourth-order valence-corrected chi connectivity index (χ4v) is 7.67. The number of rotatable bonds is 4. The molecule has 0 aliphatic carbocycles. The molecule has 0 radical (unpaired) electrons. The Morgan fingerprint density at radius 1 is 0.535 bits per heavy atom. The standard InChI is InChI=1S/C38H31NO4/c1-39-33-25-15-14-24-32(33)34(40)35-26-36(28-16-6-2-7-17-28,29-18-8-3-9-19-29)41-38(35,39)43-42-37(27-35,30-20-10-4-11-21-30)31-22-12-5-13-23-31/h2-25H,26-27H2,1H3. The van der Waals surface area contributed by atoms with E-state index in [1.807, 2.05) is 133 Å². The van der Waals surface area contributed by atoms with Crippen LogP contribution in [0, 0.1) is 5.41 Å².